The molecule has 1 aliphatic carbocycles. The summed E-state index contributed by atoms with van der Waals surface area (Å²) in [6.07, 6.45) is 1.13. The molecule has 1 saturated carbocycles. The molecule has 0 amide bonds. The Morgan fingerprint density at radius 2 is 2.18 bits per heavy atom. The number of sulfonamides is 1. The Hall–Kier alpha value is -1.07. The van der Waals surface area contributed by atoms with Crippen LogP contribution in [0.2, 0.25) is 0 Å². The standard InChI is InChI=1S/C12H18N2O2S/c1-9-5-11(9)7-14-17(15,16)8-10-3-2-4-12(13)6-10/h2-4,6,9,11,14H,5,7-8,13H2,1H3. The van der Waals surface area contributed by atoms with E-state index in [1.54, 1.807) is 24.3 Å². The average Bonchev–Trinajstić information content (AvgIpc) is 2.91. The van der Waals surface area contributed by atoms with Gasteiger partial charge in [-0.1, -0.05) is 19.1 Å². The summed E-state index contributed by atoms with van der Waals surface area (Å²) in [6.45, 7) is 2.70. The van der Waals surface area contributed by atoms with Crippen molar-refractivity contribution >= 4 is 15.7 Å². The minimum absolute atomic E-state index is 0.000852. The molecule has 0 radical (unpaired) electrons. The van der Waals surface area contributed by atoms with E-state index >= 15 is 0 Å². The molecule has 1 fully saturated rings. The summed E-state index contributed by atoms with van der Waals surface area (Å²) in [5, 5.41) is 0. The van der Waals surface area contributed by atoms with Gasteiger partial charge in [0, 0.05) is 12.2 Å². The average molecular weight is 254 g/mol. The number of hydrogen-bond donors (Lipinski definition) is 2. The van der Waals surface area contributed by atoms with Crippen molar-refractivity contribution in [3.63, 3.8) is 0 Å². The van der Waals surface area contributed by atoms with Crippen LogP contribution in [0.5, 0.6) is 0 Å². The summed E-state index contributed by atoms with van der Waals surface area (Å²) in [5.41, 5.74) is 6.93. The van der Waals surface area contributed by atoms with E-state index in [1.807, 2.05) is 0 Å². The van der Waals surface area contributed by atoms with Gasteiger partial charge in [0.05, 0.1) is 5.75 Å². The molecule has 3 N–H and O–H groups in total. The normalized spacial score (nSPS) is 23.6. The summed E-state index contributed by atoms with van der Waals surface area (Å²) in [5.74, 6) is 1.18. The molecule has 0 aromatic heterocycles. The molecule has 17 heavy (non-hydrogen) atoms. The monoisotopic (exact) mass is 254 g/mol. The van der Waals surface area contributed by atoms with Gasteiger partial charge >= 0.3 is 0 Å². The fourth-order valence-electron chi connectivity index (χ4n) is 1.87. The second-order valence-corrected chi connectivity index (χ2v) is 6.63. The van der Waals surface area contributed by atoms with E-state index in [2.05, 4.69) is 11.6 Å². The van der Waals surface area contributed by atoms with Crippen LogP contribution in [0.15, 0.2) is 24.3 Å². The SMILES string of the molecule is CC1CC1CNS(=O)(=O)Cc1cccc(N)c1. The molecule has 1 aromatic rings. The summed E-state index contributed by atoms with van der Waals surface area (Å²) >= 11 is 0. The Morgan fingerprint density at radius 1 is 1.47 bits per heavy atom. The second kappa shape index (κ2) is 4.66. The van der Waals surface area contributed by atoms with E-state index in [0.717, 1.165) is 12.0 Å². The maximum Gasteiger partial charge on any atom is 0.215 e. The number of hydrogen-bond acceptors (Lipinski definition) is 3. The zero-order valence-electron chi connectivity index (χ0n) is 9.89. The number of benzene rings is 1. The maximum atomic E-state index is 11.8. The van der Waals surface area contributed by atoms with Crippen LogP contribution in [0.4, 0.5) is 5.69 Å². The quantitative estimate of drug-likeness (QED) is 0.779. The summed E-state index contributed by atoms with van der Waals surface area (Å²) < 4.78 is 26.2. The highest BCUT2D eigenvalue weighted by Gasteiger charge is 2.33. The van der Waals surface area contributed by atoms with Crippen molar-refractivity contribution in [3.05, 3.63) is 29.8 Å². The lowest BCUT2D eigenvalue weighted by atomic mass is 10.2. The molecule has 0 aliphatic heterocycles. The third kappa shape index (κ3) is 3.71. The van der Waals surface area contributed by atoms with Crippen LogP contribution in [-0.4, -0.2) is 15.0 Å². The Balaban J connectivity index is 1.92. The molecule has 0 bridgehead atoms. The van der Waals surface area contributed by atoms with Crippen LogP contribution in [-0.2, 0) is 15.8 Å². The van der Waals surface area contributed by atoms with Crippen molar-refractivity contribution in [1.82, 2.24) is 4.72 Å². The van der Waals surface area contributed by atoms with Gasteiger partial charge in [-0.25, -0.2) is 13.1 Å². The minimum Gasteiger partial charge on any atom is -0.399 e. The van der Waals surface area contributed by atoms with E-state index in [1.165, 1.54) is 0 Å². The Bertz CT molecular complexity index is 499. The van der Waals surface area contributed by atoms with Crippen molar-refractivity contribution in [3.8, 4) is 0 Å². The highest BCUT2D eigenvalue weighted by Crippen LogP contribution is 2.36. The molecule has 4 nitrogen and oxygen atoms in total. The van der Waals surface area contributed by atoms with Gasteiger partial charge in [-0.15, -0.1) is 0 Å². The molecule has 94 valence electrons. The number of rotatable bonds is 5. The highest BCUT2D eigenvalue weighted by molar-refractivity contribution is 7.88. The van der Waals surface area contributed by atoms with Crippen LogP contribution in [0.25, 0.3) is 0 Å². The molecule has 5 heteroatoms. The zero-order valence-corrected chi connectivity index (χ0v) is 10.7. The van der Waals surface area contributed by atoms with Crippen LogP contribution in [0.1, 0.15) is 18.9 Å². The summed E-state index contributed by atoms with van der Waals surface area (Å²) in [7, 11) is -3.24. The first-order valence-electron chi connectivity index (χ1n) is 5.78. The van der Waals surface area contributed by atoms with Gasteiger partial charge in [-0.05, 0) is 36.0 Å². The molecule has 0 spiro atoms. The molecule has 0 saturated heterocycles. The molecule has 2 atom stereocenters. The number of nitrogen functional groups attached to an aromatic ring is 1. The summed E-state index contributed by atoms with van der Waals surface area (Å²) in [4.78, 5) is 0. The van der Waals surface area contributed by atoms with E-state index < -0.39 is 10.0 Å². The van der Waals surface area contributed by atoms with Crippen LogP contribution in [0.3, 0.4) is 0 Å². The van der Waals surface area contributed by atoms with Gasteiger partial charge in [-0.3, -0.25) is 0 Å². The fraction of sp³-hybridized carbons (Fsp3) is 0.500. The fourth-order valence-corrected chi connectivity index (χ4v) is 3.06. The summed E-state index contributed by atoms with van der Waals surface area (Å²) in [6, 6.07) is 6.98. The lowest BCUT2D eigenvalue weighted by Crippen LogP contribution is -2.27. The molecule has 1 aliphatic rings. The molecular formula is C12H18N2O2S. The molecule has 2 rings (SSSR count). The molecule has 2 unspecified atom stereocenters. The van der Waals surface area contributed by atoms with Crippen molar-refractivity contribution in [2.75, 3.05) is 12.3 Å². The van der Waals surface area contributed by atoms with Crippen molar-refractivity contribution < 1.29 is 8.42 Å². The largest absolute Gasteiger partial charge is 0.399 e. The van der Waals surface area contributed by atoms with Crippen molar-refractivity contribution in [2.45, 2.75) is 19.1 Å². The first kappa shape index (κ1) is 12.4. The Kier molecular flexibility index (Phi) is 3.40. The van der Waals surface area contributed by atoms with Crippen molar-refractivity contribution in [1.29, 1.82) is 0 Å². The zero-order chi connectivity index (χ0) is 12.5. The van der Waals surface area contributed by atoms with Gasteiger partial charge in [0.15, 0.2) is 0 Å². The van der Waals surface area contributed by atoms with Crippen LogP contribution < -0.4 is 10.5 Å². The topological polar surface area (TPSA) is 72.2 Å². The van der Waals surface area contributed by atoms with E-state index in [9.17, 15) is 8.42 Å². The minimum atomic E-state index is -3.24. The van der Waals surface area contributed by atoms with Gasteiger partial charge in [0.25, 0.3) is 0 Å². The van der Waals surface area contributed by atoms with Crippen LogP contribution >= 0.6 is 0 Å². The second-order valence-electron chi connectivity index (χ2n) is 4.83. The number of nitrogens with two attached hydrogens (primary N) is 1. The van der Waals surface area contributed by atoms with Gasteiger partial charge < -0.3 is 5.73 Å². The lowest BCUT2D eigenvalue weighted by molar-refractivity contribution is 0.574. The predicted octanol–water partition coefficient (Wildman–Crippen LogP) is 1.34. The number of anilines is 1. The molecular weight excluding hydrogens is 236 g/mol. The number of nitrogens with one attached hydrogen (secondary N) is 1. The van der Waals surface area contributed by atoms with Gasteiger partial charge in [-0.2, -0.15) is 0 Å². The third-order valence-electron chi connectivity index (χ3n) is 3.15. The van der Waals surface area contributed by atoms with Gasteiger partial charge in [0.2, 0.25) is 10.0 Å². The first-order valence-corrected chi connectivity index (χ1v) is 7.43. The van der Waals surface area contributed by atoms with E-state index in [0.29, 0.717) is 24.1 Å². The Morgan fingerprint density at radius 3 is 2.76 bits per heavy atom. The third-order valence-corrected chi connectivity index (χ3v) is 4.47. The van der Waals surface area contributed by atoms with Crippen molar-refractivity contribution in [2.24, 2.45) is 11.8 Å². The highest BCUT2D eigenvalue weighted by atomic mass is 32.2. The maximum absolute atomic E-state index is 11.8. The predicted molar refractivity (Wildman–Crippen MR) is 68.8 cm³/mol. The first-order chi connectivity index (χ1) is 7.96. The Labute approximate surface area is 102 Å². The molecule has 0 heterocycles. The van der Waals surface area contributed by atoms with E-state index in [4.69, 9.17) is 5.73 Å². The lowest BCUT2D eigenvalue weighted by Gasteiger charge is -2.06. The van der Waals surface area contributed by atoms with Gasteiger partial charge in [0.1, 0.15) is 0 Å². The molecule has 1 aromatic carbocycles. The smallest absolute Gasteiger partial charge is 0.215 e. The van der Waals surface area contributed by atoms with E-state index in [-0.39, 0.29) is 5.75 Å². The van der Waals surface area contributed by atoms with Crippen LogP contribution in [0, 0.1) is 11.8 Å².